The van der Waals surface area contributed by atoms with Gasteiger partial charge in [0.2, 0.25) is 0 Å². The summed E-state index contributed by atoms with van der Waals surface area (Å²) in [5.41, 5.74) is 3.45. The van der Waals surface area contributed by atoms with Crippen LogP contribution in [0.1, 0.15) is 42.0 Å². The van der Waals surface area contributed by atoms with Gasteiger partial charge in [-0.3, -0.25) is 4.90 Å². The number of urea groups is 1. The highest BCUT2D eigenvalue weighted by Crippen LogP contribution is 2.45. The minimum atomic E-state index is -0.0538. The molecule has 2 amide bonds. The zero-order valence-corrected chi connectivity index (χ0v) is 17.8. The van der Waals surface area contributed by atoms with Crippen molar-refractivity contribution in [3.05, 3.63) is 59.2 Å². The minimum Gasteiger partial charge on any atom is -0.504 e. The van der Waals surface area contributed by atoms with Gasteiger partial charge in [0.15, 0.2) is 11.5 Å². The molecule has 2 aromatic rings. The van der Waals surface area contributed by atoms with E-state index in [1.54, 1.807) is 12.1 Å². The van der Waals surface area contributed by atoms with E-state index in [4.69, 9.17) is 0 Å². The standard InChI is InChI=1S/C25H31N3O3/c29-23-13-18-9-12-27-16-19-7-4-11-28(21(19)15-22(27)20(18)14-24(23)30)25(31)26-10-8-17-5-2-1-3-6-17/h1-3,5-6,13-14,19,21-22,29-30H,4,7-12,15-16H2,(H,26,31)/t19-,21+,22+/m0/s1. The molecule has 31 heavy (non-hydrogen) atoms. The first-order valence-corrected chi connectivity index (χ1v) is 11.5. The van der Waals surface area contributed by atoms with Crippen LogP contribution in [0, 0.1) is 5.92 Å². The van der Waals surface area contributed by atoms with Crippen molar-refractivity contribution in [3.63, 3.8) is 0 Å². The molecule has 2 aromatic carbocycles. The zero-order valence-electron chi connectivity index (χ0n) is 17.8. The Morgan fingerprint density at radius 2 is 1.90 bits per heavy atom. The first-order valence-electron chi connectivity index (χ1n) is 11.5. The molecule has 2 saturated heterocycles. The molecular weight excluding hydrogens is 390 g/mol. The van der Waals surface area contributed by atoms with Gasteiger partial charge >= 0.3 is 6.03 Å². The van der Waals surface area contributed by atoms with Crippen LogP contribution in [0.15, 0.2) is 42.5 Å². The molecule has 0 saturated carbocycles. The topological polar surface area (TPSA) is 76.0 Å². The Balaban J connectivity index is 1.29. The quantitative estimate of drug-likeness (QED) is 0.664. The van der Waals surface area contributed by atoms with E-state index in [0.717, 1.165) is 62.9 Å². The Bertz CT molecular complexity index is 949. The number of nitrogens with zero attached hydrogens (tertiary/aromatic N) is 2. The second-order valence-corrected chi connectivity index (χ2v) is 9.17. The summed E-state index contributed by atoms with van der Waals surface area (Å²) in [6.07, 6.45) is 4.82. The van der Waals surface area contributed by atoms with Gasteiger partial charge in [-0.25, -0.2) is 4.79 Å². The Hall–Kier alpha value is -2.73. The predicted molar refractivity (Wildman–Crippen MR) is 119 cm³/mol. The molecule has 6 heteroatoms. The monoisotopic (exact) mass is 421 g/mol. The van der Waals surface area contributed by atoms with Crippen LogP contribution in [0.5, 0.6) is 11.5 Å². The number of rotatable bonds is 3. The molecule has 3 heterocycles. The fraction of sp³-hybridized carbons (Fsp3) is 0.480. The van der Waals surface area contributed by atoms with E-state index < -0.39 is 0 Å². The number of carbonyl (C=O) groups is 1. The fourth-order valence-corrected chi connectivity index (χ4v) is 5.79. The highest BCUT2D eigenvalue weighted by molar-refractivity contribution is 5.74. The molecular formula is C25H31N3O3. The average molecular weight is 422 g/mol. The molecule has 0 aromatic heterocycles. The number of fused-ring (bicyclic) bond motifs is 4. The largest absolute Gasteiger partial charge is 0.504 e. The van der Waals surface area contributed by atoms with Crippen molar-refractivity contribution in [2.45, 2.75) is 44.2 Å². The molecule has 164 valence electrons. The molecule has 0 spiro atoms. The first-order chi connectivity index (χ1) is 15.1. The number of aromatic hydroxyl groups is 2. The molecule has 3 aliphatic rings. The molecule has 2 fully saturated rings. The van der Waals surface area contributed by atoms with Gasteiger partial charge < -0.3 is 20.4 Å². The van der Waals surface area contributed by atoms with Crippen LogP contribution >= 0.6 is 0 Å². The zero-order chi connectivity index (χ0) is 21.4. The Kier molecular flexibility index (Phi) is 5.48. The van der Waals surface area contributed by atoms with Gasteiger partial charge in [-0.05, 0) is 66.8 Å². The van der Waals surface area contributed by atoms with Crippen LogP contribution in [0.3, 0.4) is 0 Å². The summed E-state index contributed by atoms with van der Waals surface area (Å²) >= 11 is 0. The lowest BCUT2D eigenvalue weighted by molar-refractivity contribution is 0.00568. The maximum Gasteiger partial charge on any atom is 0.317 e. The van der Waals surface area contributed by atoms with Crippen molar-refractivity contribution in [2.75, 3.05) is 26.2 Å². The Labute approximate surface area is 183 Å². The number of piperidine rings is 2. The lowest BCUT2D eigenvalue weighted by atomic mass is 9.76. The van der Waals surface area contributed by atoms with Crippen LogP contribution in [0.25, 0.3) is 0 Å². The third-order valence-electron chi connectivity index (χ3n) is 7.35. The molecule has 5 rings (SSSR count). The minimum absolute atomic E-state index is 0.0435. The smallest absolute Gasteiger partial charge is 0.317 e. The molecule has 6 nitrogen and oxygen atoms in total. The number of likely N-dealkylation sites (tertiary alicyclic amines) is 1. The molecule has 0 radical (unpaired) electrons. The van der Waals surface area contributed by atoms with E-state index in [1.165, 1.54) is 5.56 Å². The summed E-state index contributed by atoms with van der Waals surface area (Å²) in [4.78, 5) is 17.6. The van der Waals surface area contributed by atoms with Crippen LogP contribution in [0.4, 0.5) is 4.79 Å². The maximum absolute atomic E-state index is 13.1. The highest BCUT2D eigenvalue weighted by Gasteiger charge is 2.44. The van der Waals surface area contributed by atoms with Gasteiger partial charge in [0, 0.05) is 38.3 Å². The van der Waals surface area contributed by atoms with E-state index in [1.807, 2.05) is 18.2 Å². The lowest BCUT2D eigenvalue weighted by Gasteiger charge is -2.52. The number of benzene rings is 2. The first kappa shape index (κ1) is 20.2. The van der Waals surface area contributed by atoms with Crippen LogP contribution in [-0.4, -0.2) is 58.3 Å². The lowest BCUT2D eigenvalue weighted by Crippen LogP contribution is -2.59. The van der Waals surface area contributed by atoms with Crippen molar-refractivity contribution in [1.29, 1.82) is 0 Å². The maximum atomic E-state index is 13.1. The number of hydrogen-bond acceptors (Lipinski definition) is 4. The van der Waals surface area contributed by atoms with Gasteiger partial charge in [-0.2, -0.15) is 0 Å². The molecule has 3 aliphatic heterocycles. The third-order valence-corrected chi connectivity index (χ3v) is 7.35. The van der Waals surface area contributed by atoms with Crippen molar-refractivity contribution in [3.8, 4) is 11.5 Å². The Morgan fingerprint density at radius 3 is 2.74 bits per heavy atom. The number of hydrogen-bond donors (Lipinski definition) is 3. The predicted octanol–water partition coefficient (Wildman–Crippen LogP) is 3.43. The number of amides is 2. The third kappa shape index (κ3) is 3.97. The van der Waals surface area contributed by atoms with Gasteiger partial charge in [0.1, 0.15) is 0 Å². The second-order valence-electron chi connectivity index (χ2n) is 9.17. The molecule has 0 unspecified atom stereocenters. The van der Waals surface area contributed by atoms with Crippen molar-refractivity contribution in [1.82, 2.24) is 15.1 Å². The van der Waals surface area contributed by atoms with Gasteiger partial charge in [-0.15, -0.1) is 0 Å². The van der Waals surface area contributed by atoms with Gasteiger partial charge in [0.25, 0.3) is 0 Å². The number of nitrogens with one attached hydrogen (secondary N) is 1. The van der Waals surface area contributed by atoms with Crippen LogP contribution in [-0.2, 0) is 12.8 Å². The number of carbonyl (C=O) groups excluding carboxylic acids is 1. The summed E-state index contributed by atoms with van der Waals surface area (Å²) in [7, 11) is 0. The molecule has 0 aliphatic carbocycles. The number of phenols is 2. The fourth-order valence-electron chi connectivity index (χ4n) is 5.79. The highest BCUT2D eigenvalue weighted by atomic mass is 16.3. The van der Waals surface area contributed by atoms with E-state index in [-0.39, 0.29) is 29.6 Å². The molecule has 3 N–H and O–H groups in total. The summed E-state index contributed by atoms with van der Waals surface area (Å²) in [6.45, 7) is 3.40. The summed E-state index contributed by atoms with van der Waals surface area (Å²) in [5.74, 6) is 0.400. The van der Waals surface area contributed by atoms with E-state index in [2.05, 4.69) is 27.2 Å². The SMILES string of the molecule is O=C(NCCc1ccccc1)N1CCC[C@H]2CN3CCc4cc(O)c(O)cc4[C@H]3C[C@H]21. The van der Waals surface area contributed by atoms with Gasteiger partial charge in [0.05, 0.1) is 0 Å². The molecule has 0 bridgehead atoms. The van der Waals surface area contributed by atoms with E-state index >= 15 is 0 Å². The summed E-state index contributed by atoms with van der Waals surface area (Å²) in [5, 5.41) is 23.1. The Morgan fingerprint density at radius 1 is 1.10 bits per heavy atom. The van der Waals surface area contributed by atoms with Crippen LogP contribution < -0.4 is 5.32 Å². The van der Waals surface area contributed by atoms with Crippen molar-refractivity contribution in [2.24, 2.45) is 5.92 Å². The van der Waals surface area contributed by atoms with E-state index in [9.17, 15) is 15.0 Å². The molecule has 3 atom stereocenters. The second kappa shape index (κ2) is 8.42. The van der Waals surface area contributed by atoms with Crippen molar-refractivity contribution < 1.29 is 15.0 Å². The summed E-state index contributed by atoms with van der Waals surface area (Å²) < 4.78 is 0. The normalized spacial score (nSPS) is 25.3. The van der Waals surface area contributed by atoms with Crippen molar-refractivity contribution >= 4 is 6.03 Å². The van der Waals surface area contributed by atoms with E-state index in [0.29, 0.717) is 12.5 Å². The van der Waals surface area contributed by atoms with Crippen LogP contribution in [0.2, 0.25) is 0 Å². The van der Waals surface area contributed by atoms with Gasteiger partial charge in [-0.1, -0.05) is 30.3 Å². The average Bonchev–Trinajstić information content (AvgIpc) is 2.79. The summed E-state index contributed by atoms with van der Waals surface area (Å²) in [6, 6.07) is 14.1. The number of phenolic OH excluding ortho intramolecular Hbond substituents is 2.